The van der Waals surface area contributed by atoms with E-state index in [4.69, 9.17) is 0 Å². The van der Waals surface area contributed by atoms with Crippen LogP contribution in [0.2, 0.25) is 0 Å². The van der Waals surface area contributed by atoms with Gasteiger partial charge >= 0.3 is 0 Å². The van der Waals surface area contributed by atoms with Gasteiger partial charge in [0.1, 0.15) is 0 Å². The van der Waals surface area contributed by atoms with Crippen molar-refractivity contribution < 1.29 is 14.4 Å². The molecule has 1 N–H and O–H groups in total. The number of piperidine rings is 1. The van der Waals surface area contributed by atoms with Gasteiger partial charge in [-0.2, -0.15) is 0 Å². The third-order valence-electron chi connectivity index (χ3n) is 2.00. The van der Waals surface area contributed by atoms with E-state index in [-0.39, 0.29) is 30.3 Å². The minimum Gasteiger partial charge on any atom is -0.325 e. The molecule has 4 heteroatoms. The van der Waals surface area contributed by atoms with E-state index in [1.807, 2.05) is 0 Å². The molecular formula is C9H7NO3. The predicted octanol–water partition coefficient (Wildman–Crippen LogP) is -0.142. The lowest BCUT2D eigenvalue weighted by Gasteiger charge is -2.20. The highest BCUT2D eigenvalue weighted by molar-refractivity contribution is 6.17. The van der Waals surface area contributed by atoms with Crippen molar-refractivity contribution in [3.8, 4) is 0 Å². The van der Waals surface area contributed by atoms with Crippen molar-refractivity contribution in [1.29, 1.82) is 0 Å². The summed E-state index contributed by atoms with van der Waals surface area (Å²) in [7, 11) is 0. The van der Waals surface area contributed by atoms with Gasteiger partial charge < -0.3 is 5.32 Å². The molecule has 2 rings (SSSR count). The van der Waals surface area contributed by atoms with E-state index in [1.165, 1.54) is 6.08 Å². The largest absolute Gasteiger partial charge is 0.325 e. The van der Waals surface area contributed by atoms with Gasteiger partial charge in [0, 0.05) is 17.7 Å². The van der Waals surface area contributed by atoms with Gasteiger partial charge in [0.2, 0.25) is 5.91 Å². The molecule has 0 spiro atoms. The molecule has 1 heterocycles. The Morgan fingerprint density at radius 1 is 1.23 bits per heavy atom. The van der Waals surface area contributed by atoms with Crippen molar-refractivity contribution in [3.63, 3.8) is 0 Å². The third-order valence-corrected chi connectivity index (χ3v) is 2.00. The fourth-order valence-corrected chi connectivity index (χ4v) is 1.39. The van der Waals surface area contributed by atoms with Gasteiger partial charge in [0.05, 0.1) is 6.42 Å². The van der Waals surface area contributed by atoms with Crippen LogP contribution in [0.4, 0.5) is 0 Å². The summed E-state index contributed by atoms with van der Waals surface area (Å²) in [5.41, 5.74) is 0.830. The van der Waals surface area contributed by atoms with Crippen LogP contribution in [0.15, 0.2) is 23.4 Å². The van der Waals surface area contributed by atoms with Crippen LogP contribution in [0.3, 0.4) is 0 Å². The number of ketones is 2. The zero-order valence-electron chi connectivity index (χ0n) is 6.79. The summed E-state index contributed by atoms with van der Waals surface area (Å²) < 4.78 is 0. The minimum atomic E-state index is -0.303. The van der Waals surface area contributed by atoms with Gasteiger partial charge in [-0.15, -0.1) is 0 Å². The quantitative estimate of drug-likeness (QED) is 0.524. The molecule has 0 atom stereocenters. The Morgan fingerprint density at radius 2 is 2.00 bits per heavy atom. The molecule has 0 saturated carbocycles. The van der Waals surface area contributed by atoms with Crippen LogP contribution < -0.4 is 5.32 Å². The number of hydrogen-bond donors (Lipinski definition) is 1. The molecule has 2 aliphatic rings. The van der Waals surface area contributed by atoms with Gasteiger partial charge in [-0.25, -0.2) is 0 Å². The lowest BCUT2D eigenvalue weighted by atomic mass is 9.94. The molecule has 0 aromatic rings. The molecule has 13 heavy (non-hydrogen) atoms. The number of Topliss-reactive ketones (excluding diaryl/α,β-unsaturated/α-hetero) is 1. The van der Waals surface area contributed by atoms with E-state index in [1.54, 1.807) is 6.08 Å². The first-order valence-electron chi connectivity index (χ1n) is 3.95. The van der Waals surface area contributed by atoms with Crippen molar-refractivity contribution in [2.45, 2.75) is 12.8 Å². The molecule has 0 unspecified atom stereocenters. The number of nitrogens with one attached hydrogen (secondary N) is 1. The van der Waals surface area contributed by atoms with Crippen LogP contribution in [0.25, 0.3) is 0 Å². The first kappa shape index (κ1) is 7.91. The number of carbonyl (C=O) groups excluding carboxylic acids is 3. The van der Waals surface area contributed by atoms with Gasteiger partial charge in [0.15, 0.2) is 11.6 Å². The second-order valence-corrected chi connectivity index (χ2v) is 2.99. The van der Waals surface area contributed by atoms with Crippen LogP contribution in [0.5, 0.6) is 0 Å². The highest BCUT2D eigenvalue weighted by atomic mass is 16.2. The highest BCUT2D eigenvalue weighted by Gasteiger charge is 2.27. The molecule has 1 fully saturated rings. The monoisotopic (exact) mass is 177 g/mol. The molecule has 1 saturated heterocycles. The Kier molecular flexibility index (Phi) is 1.62. The summed E-state index contributed by atoms with van der Waals surface area (Å²) in [6.45, 7) is 0. The van der Waals surface area contributed by atoms with E-state index in [9.17, 15) is 14.4 Å². The van der Waals surface area contributed by atoms with Crippen LogP contribution in [-0.4, -0.2) is 17.5 Å². The number of rotatable bonds is 0. The maximum absolute atomic E-state index is 11.3. The number of hydrogen-bond acceptors (Lipinski definition) is 3. The van der Waals surface area contributed by atoms with Crippen LogP contribution in [0.1, 0.15) is 12.8 Å². The molecule has 0 aromatic carbocycles. The third kappa shape index (κ3) is 1.30. The summed E-state index contributed by atoms with van der Waals surface area (Å²) in [6, 6.07) is 0. The van der Waals surface area contributed by atoms with E-state index in [2.05, 4.69) is 5.32 Å². The Hall–Kier alpha value is -1.71. The molecule has 1 aliphatic heterocycles. The lowest BCUT2D eigenvalue weighted by Crippen LogP contribution is -2.35. The minimum absolute atomic E-state index is 0.0942. The van der Waals surface area contributed by atoms with Gasteiger partial charge in [-0.3, -0.25) is 14.4 Å². The lowest BCUT2D eigenvalue weighted by molar-refractivity contribution is -0.127. The highest BCUT2D eigenvalue weighted by Crippen LogP contribution is 2.20. The summed E-state index contributed by atoms with van der Waals surface area (Å²) in [5, 5.41) is 2.55. The first-order valence-corrected chi connectivity index (χ1v) is 3.95. The molecule has 0 bridgehead atoms. The zero-order chi connectivity index (χ0) is 9.42. The summed E-state index contributed by atoms with van der Waals surface area (Å²) in [4.78, 5) is 33.1. The molecule has 66 valence electrons. The predicted molar refractivity (Wildman–Crippen MR) is 43.6 cm³/mol. The topological polar surface area (TPSA) is 63.2 Å². The standard InChI is InChI=1S/C9H7NO3/c11-5-1-2-7-6(3-5)8(12)4-9(13)10-7/h2-3H,1,4H2,(H,10,13). The van der Waals surface area contributed by atoms with Crippen molar-refractivity contribution in [2.75, 3.05) is 0 Å². The maximum atomic E-state index is 11.3. The Morgan fingerprint density at radius 3 is 2.77 bits per heavy atom. The van der Waals surface area contributed by atoms with E-state index < -0.39 is 0 Å². The van der Waals surface area contributed by atoms with Gasteiger partial charge in [0.25, 0.3) is 0 Å². The van der Waals surface area contributed by atoms with Crippen molar-refractivity contribution >= 4 is 17.5 Å². The summed E-state index contributed by atoms with van der Waals surface area (Å²) >= 11 is 0. The SMILES string of the molecule is O=C1C=C2C(=O)CC(=O)NC2=CC1. The van der Waals surface area contributed by atoms with Gasteiger partial charge in [-0.05, 0) is 6.08 Å². The van der Waals surface area contributed by atoms with Crippen LogP contribution >= 0.6 is 0 Å². The summed E-state index contributed by atoms with van der Waals surface area (Å²) in [5.74, 6) is -0.672. The molecule has 0 radical (unpaired) electrons. The smallest absolute Gasteiger partial charge is 0.232 e. The summed E-state index contributed by atoms with van der Waals surface area (Å²) in [6.07, 6.45) is 2.98. The molecular weight excluding hydrogens is 170 g/mol. The van der Waals surface area contributed by atoms with Gasteiger partial charge in [-0.1, -0.05) is 6.08 Å². The van der Waals surface area contributed by atoms with E-state index in [0.717, 1.165) is 0 Å². The Labute approximate surface area is 74.3 Å². The molecule has 1 aliphatic carbocycles. The molecule has 0 aromatic heterocycles. The Bertz CT molecular complexity index is 376. The number of allylic oxidation sites excluding steroid dienone is 3. The maximum Gasteiger partial charge on any atom is 0.232 e. The average molecular weight is 177 g/mol. The van der Waals surface area contributed by atoms with E-state index >= 15 is 0 Å². The normalized spacial score (nSPS) is 21.7. The number of carbonyl (C=O) groups is 3. The zero-order valence-corrected chi connectivity index (χ0v) is 6.79. The average Bonchev–Trinajstić information content (AvgIpc) is 2.06. The first-order chi connectivity index (χ1) is 6.16. The number of fused-ring (bicyclic) bond motifs is 1. The van der Waals surface area contributed by atoms with Crippen molar-refractivity contribution in [2.24, 2.45) is 0 Å². The second-order valence-electron chi connectivity index (χ2n) is 2.99. The van der Waals surface area contributed by atoms with Crippen LogP contribution in [0, 0.1) is 0 Å². The van der Waals surface area contributed by atoms with Crippen LogP contribution in [-0.2, 0) is 14.4 Å². The van der Waals surface area contributed by atoms with Crippen molar-refractivity contribution in [3.05, 3.63) is 23.4 Å². The second kappa shape index (κ2) is 2.65. The van der Waals surface area contributed by atoms with E-state index in [0.29, 0.717) is 11.3 Å². The fourth-order valence-electron chi connectivity index (χ4n) is 1.39. The van der Waals surface area contributed by atoms with Crippen molar-refractivity contribution in [1.82, 2.24) is 5.32 Å². The fraction of sp³-hybridized carbons (Fsp3) is 0.222. The number of amides is 1. The Balaban J connectivity index is 2.40. The molecule has 4 nitrogen and oxygen atoms in total. The molecule has 1 amide bonds.